The van der Waals surface area contributed by atoms with Gasteiger partial charge in [-0.25, -0.2) is 20.0 Å². The monoisotopic (exact) mass is 458 g/mol. The second kappa shape index (κ2) is 10.2. The molecule has 1 aromatic heterocycles. The smallest absolute Gasteiger partial charge is 0.245 e. The van der Waals surface area contributed by atoms with Crippen LogP contribution >= 0.6 is 0 Å². The van der Waals surface area contributed by atoms with Crippen LogP contribution in [0.1, 0.15) is 19.3 Å². The number of anilines is 3. The van der Waals surface area contributed by atoms with Crippen LogP contribution in [0.5, 0.6) is 0 Å². The molecule has 8 heteroatoms. The number of carbonyl (C=O) groups excluding carboxylic acids is 1. The van der Waals surface area contributed by atoms with Gasteiger partial charge in [-0.1, -0.05) is 30.3 Å². The van der Waals surface area contributed by atoms with E-state index in [1.807, 2.05) is 24.3 Å². The topological polar surface area (TPSA) is 87.8 Å². The van der Waals surface area contributed by atoms with Gasteiger partial charge in [-0.15, -0.1) is 0 Å². The molecule has 1 atom stereocenters. The minimum absolute atomic E-state index is 0.238. The summed E-state index contributed by atoms with van der Waals surface area (Å²) in [7, 11) is 0. The van der Waals surface area contributed by atoms with Gasteiger partial charge < -0.3 is 15.4 Å². The van der Waals surface area contributed by atoms with Crippen LogP contribution in [0, 0.1) is 0 Å². The number of nitrogens with zero attached hydrogens (tertiary/aromatic N) is 5. The molecule has 0 aliphatic carbocycles. The van der Waals surface area contributed by atoms with E-state index in [0.29, 0.717) is 19.2 Å². The van der Waals surface area contributed by atoms with E-state index >= 15 is 0 Å². The SMILES string of the molecule is NC(=O)[C@H]1CCCCN1c1ccc(-c2ccnc(N(c3ccccc3)N3CCOCC3)n2)cc1. The zero-order valence-electron chi connectivity index (χ0n) is 19.2. The third kappa shape index (κ3) is 4.73. The molecule has 8 nitrogen and oxygen atoms in total. The average Bonchev–Trinajstić information content (AvgIpc) is 2.90. The van der Waals surface area contributed by atoms with Crippen LogP contribution in [0.15, 0.2) is 66.9 Å². The Hall–Kier alpha value is -3.49. The molecule has 0 radical (unpaired) electrons. The van der Waals surface area contributed by atoms with Crippen LogP contribution < -0.4 is 15.6 Å². The molecule has 2 aliphatic rings. The maximum Gasteiger partial charge on any atom is 0.245 e. The quantitative estimate of drug-likeness (QED) is 0.606. The molecule has 2 fully saturated rings. The summed E-state index contributed by atoms with van der Waals surface area (Å²) in [5.74, 6) is 0.368. The van der Waals surface area contributed by atoms with Crippen molar-refractivity contribution in [3.63, 3.8) is 0 Å². The van der Waals surface area contributed by atoms with Gasteiger partial charge in [-0.05, 0) is 49.6 Å². The van der Waals surface area contributed by atoms with E-state index in [9.17, 15) is 4.79 Å². The van der Waals surface area contributed by atoms with Crippen molar-refractivity contribution in [3.05, 3.63) is 66.9 Å². The Kier molecular flexibility index (Phi) is 6.69. The molecule has 3 aromatic rings. The highest BCUT2D eigenvalue weighted by molar-refractivity contribution is 5.84. The van der Waals surface area contributed by atoms with Crippen LogP contribution in [-0.2, 0) is 9.53 Å². The number of carbonyl (C=O) groups is 1. The third-order valence-corrected chi connectivity index (χ3v) is 6.43. The minimum atomic E-state index is -0.256. The van der Waals surface area contributed by atoms with Crippen molar-refractivity contribution >= 4 is 23.2 Å². The summed E-state index contributed by atoms with van der Waals surface area (Å²) in [6.07, 6.45) is 4.71. The first-order chi connectivity index (χ1) is 16.7. The van der Waals surface area contributed by atoms with Crippen LogP contribution in [0.2, 0.25) is 0 Å². The number of aromatic nitrogens is 2. The first-order valence-corrected chi connectivity index (χ1v) is 11.9. The highest BCUT2D eigenvalue weighted by Crippen LogP contribution is 2.30. The number of amides is 1. The molecular weight excluding hydrogens is 428 g/mol. The molecule has 2 saturated heterocycles. The van der Waals surface area contributed by atoms with E-state index < -0.39 is 0 Å². The number of nitrogens with two attached hydrogens (primary N) is 1. The Balaban J connectivity index is 1.43. The van der Waals surface area contributed by atoms with Gasteiger partial charge in [-0.3, -0.25) is 4.79 Å². The van der Waals surface area contributed by atoms with E-state index in [0.717, 1.165) is 61.5 Å². The van der Waals surface area contributed by atoms with Gasteiger partial charge in [0.25, 0.3) is 0 Å². The number of morpholine rings is 1. The molecule has 3 heterocycles. The lowest BCUT2D eigenvalue weighted by Gasteiger charge is -2.37. The molecule has 1 amide bonds. The van der Waals surface area contributed by atoms with Crippen molar-refractivity contribution in [1.82, 2.24) is 15.0 Å². The van der Waals surface area contributed by atoms with Gasteiger partial charge in [0.15, 0.2) is 0 Å². The Morgan fingerprint density at radius 2 is 1.74 bits per heavy atom. The lowest BCUT2D eigenvalue weighted by molar-refractivity contribution is -0.119. The van der Waals surface area contributed by atoms with E-state index in [2.05, 4.69) is 56.3 Å². The van der Waals surface area contributed by atoms with Crippen LogP contribution in [0.4, 0.5) is 17.3 Å². The van der Waals surface area contributed by atoms with Crippen molar-refractivity contribution in [2.45, 2.75) is 25.3 Å². The van der Waals surface area contributed by atoms with Gasteiger partial charge >= 0.3 is 0 Å². The second-order valence-electron chi connectivity index (χ2n) is 8.61. The number of piperidine rings is 1. The number of para-hydroxylation sites is 1. The number of rotatable bonds is 6. The summed E-state index contributed by atoms with van der Waals surface area (Å²) in [5, 5.41) is 4.30. The standard InChI is InChI=1S/C26H30N6O2/c27-25(33)24-8-4-5-15-31(24)21-11-9-20(10-12-21)23-13-14-28-26(29-23)32(22-6-2-1-3-7-22)30-16-18-34-19-17-30/h1-3,6-7,9-14,24H,4-5,8,15-19H2,(H2,27,33)/t24-/m1/s1. The van der Waals surface area contributed by atoms with Gasteiger partial charge in [-0.2, -0.15) is 0 Å². The summed E-state index contributed by atoms with van der Waals surface area (Å²) in [4.78, 5) is 23.6. The van der Waals surface area contributed by atoms with E-state index in [1.165, 1.54) is 0 Å². The summed E-state index contributed by atoms with van der Waals surface area (Å²) in [6, 6.07) is 20.1. The van der Waals surface area contributed by atoms with E-state index in [1.54, 1.807) is 6.20 Å². The Morgan fingerprint density at radius 3 is 2.47 bits per heavy atom. The predicted molar refractivity (Wildman–Crippen MR) is 133 cm³/mol. The minimum Gasteiger partial charge on any atom is -0.379 e. The fraction of sp³-hybridized carbons (Fsp3) is 0.346. The van der Waals surface area contributed by atoms with Gasteiger partial charge in [0.05, 0.1) is 24.6 Å². The van der Waals surface area contributed by atoms with Crippen LogP contribution in [0.3, 0.4) is 0 Å². The summed E-state index contributed by atoms with van der Waals surface area (Å²) < 4.78 is 5.56. The molecule has 34 heavy (non-hydrogen) atoms. The largest absolute Gasteiger partial charge is 0.379 e. The maximum atomic E-state index is 11.9. The average molecular weight is 459 g/mol. The fourth-order valence-corrected chi connectivity index (χ4v) is 4.70. The van der Waals surface area contributed by atoms with Crippen molar-refractivity contribution in [1.29, 1.82) is 0 Å². The number of hydrogen-bond donors (Lipinski definition) is 1. The van der Waals surface area contributed by atoms with Gasteiger partial charge in [0.1, 0.15) is 6.04 Å². The molecule has 5 rings (SSSR count). The first-order valence-electron chi connectivity index (χ1n) is 11.9. The zero-order chi connectivity index (χ0) is 23.3. The first kappa shape index (κ1) is 22.3. The molecule has 2 aromatic carbocycles. The molecule has 2 aliphatic heterocycles. The molecule has 176 valence electrons. The number of hydrogen-bond acceptors (Lipinski definition) is 7. The zero-order valence-corrected chi connectivity index (χ0v) is 19.2. The highest BCUT2D eigenvalue weighted by atomic mass is 16.5. The molecule has 0 bridgehead atoms. The lowest BCUT2D eigenvalue weighted by Crippen LogP contribution is -2.47. The van der Waals surface area contributed by atoms with Gasteiger partial charge in [0, 0.05) is 37.1 Å². The summed E-state index contributed by atoms with van der Waals surface area (Å²) in [6.45, 7) is 3.73. The molecule has 0 saturated carbocycles. The lowest BCUT2D eigenvalue weighted by atomic mass is 10.00. The molecule has 0 spiro atoms. The highest BCUT2D eigenvalue weighted by Gasteiger charge is 2.27. The van der Waals surface area contributed by atoms with Crippen LogP contribution in [0.25, 0.3) is 11.3 Å². The summed E-state index contributed by atoms with van der Waals surface area (Å²) in [5.41, 5.74) is 9.52. The fourth-order valence-electron chi connectivity index (χ4n) is 4.70. The van der Waals surface area contributed by atoms with Crippen molar-refractivity contribution in [2.75, 3.05) is 42.8 Å². The van der Waals surface area contributed by atoms with Gasteiger partial charge in [0.2, 0.25) is 11.9 Å². The second-order valence-corrected chi connectivity index (χ2v) is 8.61. The number of hydrazine groups is 1. The van der Waals surface area contributed by atoms with Crippen molar-refractivity contribution in [2.24, 2.45) is 5.73 Å². The Bertz CT molecular complexity index is 1100. The van der Waals surface area contributed by atoms with E-state index in [4.69, 9.17) is 15.5 Å². The predicted octanol–water partition coefficient (Wildman–Crippen LogP) is 3.37. The maximum absolute atomic E-state index is 11.9. The number of primary amides is 1. The normalized spacial score (nSPS) is 19.1. The Labute approximate surface area is 199 Å². The van der Waals surface area contributed by atoms with Crippen molar-refractivity contribution in [3.8, 4) is 11.3 Å². The summed E-state index contributed by atoms with van der Waals surface area (Å²) >= 11 is 0. The Morgan fingerprint density at radius 1 is 0.971 bits per heavy atom. The van der Waals surface area contributed by atoms with Crippen molar-refractivity contribution < 1.29 is 9.53 Å². The molecule has 2 N–H and O–H groups in total. The number of benzene rings is 2. The number of ether oxygens (including phenoxy) is 1. The van der Waals surface area contributed by atoms with Crippen LogP contribution in [-0.4, -0.2) is 59.8 Å². The molecular formula is C26H30N6O2. The molecule has 0 unspecified atom stereocenters. The third-order valence-electron chi connectivity index (χ3n) is 6.43. The van der Waals surface area contributed by atoms with E-state index in [-0.39, 0.29) is 11.9 Å².